The van der Waals surface area contributed by atoms with Crippen molar-refractivity contribution in [2.45, 2.75) is 64.5 Å². The van der Waals surface area contributed by atoms with Crippen LogP contribution >= 0.6 is 0 Å². The Morgan fingerprint density at radius 3 is 2.38 bits per heavy atom. The van der Waals surface area contributed by atoms with Crippen molar-refractivity contribution in [2.75, 3.05) is 25.7 Å². The molecule has 0 aromatic heterocycles. The molecule has 0 bridgehead atoms. The second-order valence-electron chi connectivity index (χ2n) is 9.02. The fourth-order valence-electron chi connectivity index (χ4n) is 4.47. The predicted molar refractivity (Wildman–Crippen MR) is 122 cm³/mol. The van der Waals surface area contributed by atoms with E-state index < -0.39 is 12.0 Å². The van der Waals surface area contributed by atoms with Gasteiger partial charge >= 0.3 is 0 Å². The van der Waals surface area contributed by atoms with E-state index in [1.54, 1.807) is 30.2 Å². The summed E-state index contributed by atoms with van der Waals surface area (Å²) >= 11 is 0. The topological polar surface area (TPSA) is 97.0 Å². The van der Waals surface area contributed by atoms with E-state index in [2.05, 4.69) is 10.6 Å². The third-order valence-corrected chi connectivity index (χ3v) is 6.37. The van der Waals surface area contributed by atoms with Crippen molar-refractivity contribution in [3.8, 4) is 11.5 Å². The van der Waals surface area contributed by atoms with E-state index in [-0.39, 0.29) is 42.6 Å². The zero-order valence-corrected chi connectivity index (χ0v) is 19.5. The van der Waals surface area contributed by atoms with Crippen molar-refractivity contribution in [3.05, 3.63) is 18.2 Å². The molecular weight excluding hydrogens is 410 g/mol. The van der Waals surface area contributed by atoms with Gasteiger partial charge in [0.1, 0.15) is 6.04 Å². The molecule has 0 radical (unpaired) electrons. The zero-order chi connectivity index (χ0) is 23.3. The smallest absolute Gasteiger partial charge is 0.243 e. The second-order valence-corrected chi connectivity index (χ2v) is 9.02. The van der Waals surface area contributed by atoms with Crippen LogP contribution < -0.4 is 25.0 Å². The summed E-state index contributed by atoms with van der Waals surface area (Å²) in [7, 11) is 3.09. The van der Waals surface area contributed by atoms with Gasteiger partial charge < -0.3 is 25.0 Å². The van der Waals surface area contributed by atoms with Crippen molar-refractivity contribution < 1.29 is 23.9 Å². The summed E-state index contributed by atoms with van der Waals surface area (Å²) in [6.07, 6.45) is 5.54. The van der Waals surface area contributed by atoms with Gasteiger partial charge in [0.05, 0.1) is 20.1 Å². The van der Waals surface area contributed by atoms with Crippen LogP contribution in [0.2, 0.25) is 0 Å². The first-order valence-corrected chi connectivity index (χ1v) is 11.5. The van der Waals surface area contributed by atoms with Gasteiger partial charge in [-0.2, -0.15) is 0 Å². The fraction of sp³-hybridized carbons (Fsp3) is 0.625. The number of carbonyl (C=O) groups excluding carboxylic acids is 3. The number of ether oxygens (including phenoxy) is 2. The van der Waals surface area contributed by atoms with Crippen LogP contribution in [0.15, 0.2) is 18.2 Å². The predicted octanol–water partition coefficient (Wildman–Crippen LogP) is 2.65. The number of nitrogens with one attached hydrogen (secondary N) is 2. The molecule has 0 spiro atoms. The van der Waals surface area contributed by atoms with Crippen molar-refractivity contribution in [1.82, 2.24) is 10.6 Å². The Labute approximate surface area is 190 Å². The average molecular weight is 446 g/mol. The first kappa shape index (κ1) is 23.9. The summed E-state index contributed by atoms with van der Waals surface area (Å²) in [4.78, 5) is 40.1. The number of carbonyl (C=O) groups is 3. The largest absolute Gasteiger partial charge is 0.493 e. The Morgan fingerprint density at radius 1 is 1.06 bits per heavy atom. The Kier molecular flexibility index (Phi) is 7.99. The van der Waals surface area contributed by atoms with E-state index in [1.807, 2.05) is 13.8 Å². The van der Waals surface area contributed by atoms with Crippen LogP contribution in [0.3, 0.4) is 0 Å². The highest BCUT2D eigenvalue weighted by molar-refractivity contribution is 6.01. The molecule has 3 amide bonds. The number of anilines is 1. The lowest BCUT2D eigenvalue weighted by Crippen LogP contribution is -2.53. The standard InChI is InChI=1S/C24H35N3O5/c1-15(2)22(24(30)25-17-8-6-5-7-9-17)26-23(29)16-12-21(28)27(14-16)18-10-11-19(31-3)20(13-18)32-4/h10-11,13,15-17,22H,5-9,12,14H2,1-4H3,(H,25,30)(H,26,29). The highest BCUT2D eigenvalue weighted by Crippen LogP contribution is 2.34. The second kappa shape index (κ2) is 10.7. The lowest BCUT2D eigenvalue weighted by Gasteiger charge is -2.28. The third kappa shape index (κ3) is 5.53. The summed E-state index contributed by atoms with van der Waals surface area (Å²) in [5, 5.41) is 6.01. The normalized spacial score (nSPS) is 20.2. The molecule has 2 fully saturated rings. The van der Waals surface area contributed by atoms with Gasteiger partial charge in [-0.1, -0.05) is 33.1 Å². The van der Waals surface area contributed by atoms with Gasteiger partial charge in [0, 0.05) is 30.8 Å². The van der Waals surface area contributed by atoms with E-state index in [1.165, 1.54) is 13.5 Å². The molecule has 1 heterocycles. The molecule has 32 heavy (non-hydrogen) atoms. The molecular formula is C24H35N3O5. The Hall–Kier alpha value is -2.77. The molecule has 2 atom stereocenters. The Morgan fingerprint density at radius 2 is 1.75 bits per heavy atom. The SMILES string of the molecule is COc1ccc(N2CC(C(=O)NC(C(=O)NC3CCCCC3)C(C)C)CC2=O)cc1OC. The van der Waals surface area contributed by atoms with Gasteiger partial charge in [0.15, 0.2) is 11.5 Å². The molecule has 3 rings (SSSR count). The lowest BCUT2D eigenvalue weighted by atomic mass is 9.94. The molecule has 1 aliphatic carbocycles. The van der Waals surface area contributed by atoms with Gasteiger partial charge in [-0.15, -0.1) is 0 Å². The van der Waals surface area contributed by atoms with Gasteiger partial charge in [-0.3, -0.25) is 14.4 Å². The summed E-state index contributed by atoms with van der Waals surface area (Å²) in [5.74, 6) is -0.0166. The molecule has 1 aliphatic heterocycles. The van der Waals surface area contributed by atoms with Crippen LogP contribution in [0, 0.1) is 11.8 Å². The van der Waals surface area contributed by atoms with Crippen LogP contribution in [-0.2, 0) is 14.4 Å². The number of nitrogens with zero attached hydrogens (tertiary/aromatic N) is 1. The maximum absolute atomic E-state index is 13.0. The van der Waals surface area contributed by atoms with Crippen LogP contribution in [0.4, 0.5) is 5.69 Å². The highest BCUT2D eigenvalue weighted by Gasteiger charge is 2.37. The first-order valence-electron chi connectivity index (χ1n) is 11.5. The highest BCUT2D eigenvalue weighted by atomic mass is 16.5. The number of benzene rings is 1. The maximum atomic E-state index is 13.0. The third-order valence-electron chi connectivity index (χ3n) is 6.37. The van der Waals surface area contributed by atoms with E-state index in [0.717, 1.165) is 25.7 Å². The summed E-state index contributed by atoms with van der Waals surface area (Å²) in [5.41, 5.74) is 0.651. The molecule has 1 saturated carbocycles. The minimum absolute atomic E-state index is 0.0541. The number of hydrogen-bond donors (Lipinski definition) is 2. The van der Waals surface area contributed by atoms with Crippen LogP contribution in [0.1, 0.15) is 52.4 Å². The van der Waals surface area contributed by atoms with Crippen LogP contribution in [0.5, 0.6) is 11.5 Å². The van der Waals surface area contributed by atoms with Crippen molar-refractivity contribution >= 4 is 23.4 Å². The number of methoxy groups -OCH3 is 2. The molecule has 1 aromatic rings. The monoisotopic (exact) mass is 445 g/mol. The molecule has 2 N–H and O–H groups in total. The molecule has 2 aliphatic rings. The minimum atomic E-state index is -0.616. The minimum Gasteiger partial charge on any atom is -0.493 e. The van der Waals surface area contributed by atoms with Crippen LogP contribution in [-0.4, -0.2) is 50.6 Å². The molecule has 1 aromatic carbocycles. The quantitative estimate of drug-likeness (QED) is 0.641. The number of hydrogen-bond acceptors (Lipinski definition) is 5. The van der Waals surface area contributed by atoms with Crippen molar-refractivity contribution in [3.63, 3.8) is 0 Å². The van der Waals surface area contributed by atoms with Gasteiger partial charge in [-0.05, 0) is 30.9 Å². The number of rotatable bonds is 8. The van der Waals surface area contributed by atoms with Crippen molar-refractivity contribution in [2.24, 2.45) is 11.8 Å². The van der Waals surface area contributed by atoms with E-state index in [0.29, 0.717) is 17.2 Å². The van der Waals surface area contributed by atoms with E-state index in [4.69, 9.17) is 9.47 Å². The first-order chi connectivity index (χ1) is 15.3. The Balaban J connectivity index is 1.64. The van der Waals surface area contributed by atoms with Gasteiger partial charge in [-0.25, -0.2) is 0 Å². The maximum Gasteiger partial charge on any atom is 0.243 e. The Bertz CT molecular complexity index is 835. The lowest BCUT2D eigenvalue weighted by molar-refractivity contribution is -0.132. The molecule has 2 unspecified atom stereocenters. The zero-order valence-electron chi connectivity index (χ0n) is 19.5. The number of amides is 3. The molecule has 8 nitrogen and oxygen atoms in total. The van der Waals surface area contributed by atoms with Crippen molar-refractivity contribution in [1.29, 1.82) is 0 Å². The molecule has 8 heteroatoms. The summed E-state index contributed by atoms with van der Waals surface area (Å²) < 4.78 is 10.6. The van der Waals surface area contributed by atoms with E-state index in [9.17, 15) is 14.4 Å². The molecule has 176 valence electrons. The average Bonchev–Trinajstić information content (AvgIpc) is 3.18. The molecule has 1 saturated heterocycles. The summed E-state index contributed by atoms with van der Waals surface area (Å²) in [6.45, 7) is 4.09. The van der Waals surface area contributed by atoms with E-state index >= 15 is 0 Å². The van der Waals surface area contributed by atoms with Gasteiger partial charge in [0.2, 0.25) is 17.7 Å². The fourth-order valence-corrected chi connectivity index (χ4v) is 4.47. The van der Waals surface area contributed by atoms with Gasteiger partial charge in [0.25, 0.3) is 0 Å². The summed E-state index contributed by atoms with van der Waals surface area (Å²) in [6, 6.07) is 4.80. The van der Waals surface area contributed by atoms with Crippen LogP contribution in [0.25, 0.3) is 0 Å².